The predicted molar refractivity (Wildman–Crippen MR) is 124 cm³/mol. The fraction of sp³-hybridized carbons (Fsp3) is 0.160. The molecular weight excluding hydrogens is 459 g/mol. The third-order valence-electron chi connectivity index (χ3n) is 5.37. The molecule has 0 atom stereocenters. The van der Waals surface area contributed by atoms with Crippen molar-refractivity contribution in [3.8, 4) is 17.2 Å². The first-order valence-corrected chi connectivity index (χ1v) is 10.6. The normalized spacial score (nSPS) is 13.5. The highest BCUT2D eigenvalue weighted by Gasteiger charge is 2.30. The third-order valence-corrected chi connectivity index (χ3v) is 5.37. The Morgan fingerprint density at radius 2 is 1.74 bits per heavy atom. The Bertz CT molecular complexity index is 1450. The van der Waals surface area contributed by atoms with Crippen LogP contribution < -0.4 is 9.47 Å². The molecule has 0 amide bonds. The molecule has 0 saturated heterocycles. The fourth-order valence-electron chi connectivity index (χ4n) is 3.67. The summed E-state index contributed by atoms with van der Waals surface area (Å²) in [5.74, 6) is 2.06. The number of benzene rings is 2. The minimum absolute atomic E-state index is 0.261. The zero-order chi connectivity index (χ0) is 24.4. The third kappa shape index (κ3) is 4.96. The van der Waals surface area contributed by atoms with Gasteiger partial charge in [0.15, 0.2) is 11.6 Å². The molecule has 0 unspecified atom stereocenters. The van der Waals surface area contributed by atoms with Gasteiger partial charge in [0.2, 0.25) is 0 Å². The summed E-state index contributed by atoms with van der Waals surface area (Å²) >= 11 is 0. The summed E-state index contributed by atoms with van der Waals surface area (Å²) in [6.45, 7) is 0. The molecule has 2 aromatic carbocycles. The maximum Gasteiger partial charge on any atom is 0.416 e. The maximum absolute atomic E-state index is 13.0. The monoisotopic (exact) mass is 477 g/mol. The number of halogens is 3. The predicted octanol–water partition coefficient (Wildman–Crippen LogP) is 5.64. The lowest BCUT2D eigenvalue weighted by molar-refractivity contribution is -0.137. The summed E-state index contributed by atoms with van der Waals surface area (Å²) < 4.78 is 50.1. The van der Waals surface area contributed by atoms with Gasteiger partial charge in [-0.2, -0.15) is 23.4 Å². The highest BCUT2D eigenvalue weighted by molar-refractivity contribution is 6.13. The van der Waals surface area contributed by atoms with Gasteiger partial charge in [-0.1, -0.05) is 18.2 Å². The highest BCUT2D eigenvalue weighted by Crippen LogP contribution is 2.31. The van der Waals surface area contributed by atoms with E-state index in [-0.39, 0.29) is 6.42 Å². The molecule has 1 aliphatic rings. The Morgan fingerprint density at radius 3 is 2.51 bits per heavy atom. The van der Waals surface area contributed by atoms with Crippen LogP contribution in [0, 0.1) is 0 Å². The van der Waals surface area contributed by atoms with Crippen LogP contribution in [0.15, 0.2) is 77.3 Å². The quantitative estimate of drug-likeness (QED) is 0.359. The van der Waals surface area contributed by atoms with Crippen LogP contribution in [-0.4, -0.2) is 33.5 Å². The number of ether oxygens (including phenoxy) is 2. The van der Waals surface area contributed by atoms with Gasteiger partial charge in [0.1, 0.15) is 17.2 Å². The average Bonchev–Trinajstić information content (AvgIpc) is 3.32. The Labute approximate surface area is 198 Å². The standard InChI is InChI=1S/C25H18F3N5O2/c1-34-18-5-6-21-20(12-18)23(7-8-29-21)35-19-13-30-24(31-14-19)22-11-17(32-33-22)10-15-3-2-4-16(9-15)25(26,27)28/h2-9,12-14H,10-11H2,1H3. The van der Waals surface area contributed by atoms with Gasteiger partial charge < -0.3 is 9.47 Å². The molecule has 0 bridgehead atoms. The van der Waals surface area contributed by atoms with Crippen LogP contribution >= 0.6 is 0 Å². The van der Waals surface area contributed by atoms with Gasteiger partial charge in [0.25, 0.3) is 0 Å². The van der Waals surface area contributed by atoms with Crippen molar-refractivity contribution in [3.05, 3.63) is 84.1 Å². The van der Waals surface area contributed by atoms with Gasteiger partial charge in [0, 0.05) is 24.4 Å². The molecule has 7 nitrogen and oxygen atoms in total. The Morgan fingerprint density at radius 1 is 0.914 bits per heavy atom. The summed E-state index contributed by atoms with van der Waals surface area (Å²) in [4.78, 5) is 13.0. The molecule has 3 heterocycles. The second-order valence-electron chi connectivity index (χ2n) is 7.80. The summed E-state index contributed by atoms with van der Waals surface area (Å²) in [6, 6.07) is 12.4. The summed E-state index contributed by atoms with van der Waals surface area (Å²) in [7, 11) is 1.59. The van der Waals surface area contributed by atoms with E-state index in [0.29, 0.717) is 46.5 Å². The molecule has 0 spiro atoms. The number of nitrogens with zero attached hydrogens (tertiary/aromatic N) is 5. The van der Waals surface area contributed by atoms with Crippen LogP contribution in [0.3, 0.4) is 0 Å². The van der Waals surface area contributed by atoms with Crippen LogP contribution in [0.5, 0.6) is 17.2 Å². The molecule has 2 aromatic heterocycles. The zero-order valence-electron chi connectivity index (χ0n) is 18.5. The van der Waals surface area contributed by atoms with Gasteiger partial charge in [-0.15, -0.1) is 0 Å². The van der Waals surface area contributed by atoms with Crippen molar-refractivity contribution in [2.75, 3.05) is 7.11 Å². The minimum atomic E-state index is -4.39. The van der Waals surface area contributed by atoms with E-state index in [9.17, 15) is 13.2 Å². The Hall–Kier alpha value is -4.34. The molecule has 5 rings (SSSR count). The van der Waals surface area contributed by atoms with Gasteiger partial charge in [-0.25, -0.2) is 9.97 Å². The molecule has 0 aliphatic carbocycles. The molecule has 1 aliphatic heterocycles. The molecule has 0 radical (unpaired) electrons. The molecule has 0 saturated carbocycles. The first-order chi connectivity index (χ1) is 16.9. The van der Waals surface area contributed by atoms with E-state index in [1.807, 2.05) is 18.2 Å². The molecule has 0 fully saturated rings. The number of rotatable bonds is 6. The Kier molecular flexibility index (Phi) is 5.86. The van der Waals surface area contributed by atoms with Crippen LogP contribution in [-0.2, 0) is 12.6 Å². The molecule has 10 heteroatoms. The zero-order valence-corrected chi connectivity index (χ0v) is 18.5. The lowest BCUT2D eigenvalue weighted by atomic mass is 10.0. The molecular formula is C25H18F3N5O2. The number of aromatic nitrogens is 3. The van der Waals surface area contributed by atoms with Crippen molar-refractivity contribution in [1.29, 1.82) is 0 Å². The van der Waals surface area contributed by atoms with E-state index in [4.69, 9.17) is 9.47 Å². The van der Waals surface area contributed by atoms with E-state index >= 15 is 0 Å². The molecule has 0 N–H and O–H groups in total. The summed E-state index contributed by atoms with van der Waals surface area (Å²) in [5, 5.41) is 9.02. The molecule has 4 aromatic rings. The van der Waals surface area contributed by atoms with Gasteiger partial charge >= 0.3 is 6.18 Å². The van der Waals surface area contributed by atoms with E-state index < -0.39 is 11.7 Å². The number of fused-ring (bicyclic) bond motifs is 1. The van der Waals surface area contributed by atoms with Crippen molar-refractivity contribution < 1.29 is 22.6 Å². The topological polar surface area (TPSA) is 81.9 Å². The van der Waals surface area contributed by atoms with Crippen LogP contribution in [0.4, 0.5) is 13.2 Å². The van der Waals surface area contributed by atoms with E-state index in [1.165, 1.54) is 18.5 Å². The number of pyridine rings is 1. The van der Waals surface area contributed by atoms with E-state index in [0.717, 1.165) is 23.0 Å². The number of methoxy groups -OCH3 is 1. The fourth-order valence-corrected chi connectivity index (χ4v) is 3.67. The smallest absolute Gasteiger partial charge is 0.416 e. The number of alkyl halides is 3. The van der Waals surface area contributed by atoms with Crippen LogP contribution in [0.1, 0.15) is 23.4 Å². The molecule has 35 heavy (non-hydrogen) atoms. The van der Waals surface area contributed by atoms with Crippen LogP contribution in [0.2, 0.25) is 0 Å². The van der Waals surface area contributed by atoms with Crippen molar-refractivity contribution >= 4 is 22.3 Å². The highest BCUT2D eigenvalue weighted by atomic mass is 19.4. The van der Waals surface area contributed by atoms with Gasteiger partial charge in [-0.05, 0) is 35.9 Å². The minimum Gasteiger partial charge on any atom is -0.497 e. The van der Waals surface area contributed by atoms with Crippen molar-refractivity contribution in [3.63, 3.8) is 0 Å². The van der Waals surface area contributed by atoms with E-state index in [1.54, 1.807) is 25.4 Å². The van der Waals surface area contributed by atoms with Gasteiger partial charge in [-0.3, -0.25) is 4.98 Å². The number of hydrogen-bond acceptors (Lipinski definition) is 7. The van der Waals surface area contributed by atoms with Crippen molar-refractivity contribution in [1.82, 2.24) is 15.0 Å². The number of hydrogen-bond donors (Lipinski definition) is 0. The second-order valence-corrected chi connectivity index (χ2v) is 7.80. The maximum atomic E-state index is 13.0. The second kappa shape index (κ2) is 9.13. The summed E-state index contributed by atoms with van der Waals surface area (Å²) in [6.07, 6.45) is 0.934. The first-order valence-electron chi connectivity index (χ1n) is 10.6. The first kappa shape index (κ1) is 22.5. The average molecular weight is 477 g/mol. The van der Waals surface area contributed by atoms with Crippen molar-refractivity contribution in [2.45, 2.75) is 19.0 Å². The van der Waals surface area contributed by atoms with E-state index in [2.05, 4.69) is 25.2 Å². The lowest BCUT2D eigenvalue weighted by Crippen LogP contribution is -2.11. The van der Waals surface area contributed by atoms with Crippen molar-refractivity contribution in [2.24, 2.45) is 10.2 Å². The Balaban J connectivity index is 1.26. The SMILES string of the molecule is COc1ccc2nccc(Oc3cnc(C4=NN=C(Cc5cccc(C(F)(F)F)c5)C4)nc3)c2c1. The molecule has 176 valence electrons. The summed E-state index contributed by atoms with van der Waals surface area (Å²) in [5.41, 5.74) is 1.76. The van der Waals surface area contributed by atoms with Crippen LogP contribution in [0.25, 0.3) is 10.9 Å². The lowest BCUT2D eigenvalue weighted by Gasteiger charge is -2.10. The largest absolute Gasteiger partial charge is 0.497 e. The van der Waals surface area contributed by atoms with Gasteiger partial charge in [0.05, 0.1) is 36.3 Å².